The molecule has 1 atom stereocenters. The van der Waals surface area contributed by atoms with E-state index in [2.05, 4.69) is 39.5 Å². The zero-order valence-electron chi connectivity index (χ0n) is 11.9. The molecule has 0 saturated heterocycles. The van der Waals surface area contributed by atoms with Crippen LogP contribution in [-0.4, -0.2) is 21.7 Å². The van der Waals surface area contributed by atoms with Crippen molar-refractivity contribution >= 4 is 0 Å². The van der Waals surface area contributed by atoms with Crippen LogP contribution in [0.4, 0.5) is 0 Å². The number of benzene rings is 1. The smallest absolute Gasteiger partial charge is 0.228 e. The lowest BCUT2D eigenvalue weighted by Gasteiger charge is -2.16. The summed E-state index contributed by atoms with van der Waals surface area (Å²) < 4.78 is 5.37. The number of hydrogen-bond donors (Lipinski definition) is 2. The molecule has 0 radical (unpaired) electrons. The van der Waals surface area contributed by atoms with Gasteiger partial charge < -0.3 is 14.8 Å². The molecule has 1 unspecified atom stereocenters. The Morgan fingerprint density at radius 1 is 1.19 bits per heavy atom. The maximum absolute atomic E-state index is 5.37. The molecule has 5 nitrogen and oxygen atoms in total. The molecule has 3 aromatic rings. The van der Waals surface area contributed by atoms with Crippen molar-refractivity contribution < 1.29 is 4.52 Å². The van der Waals surface area contributed by atoms with Crippen LogP contribution < -0.4 is 5.32 Å². The zero-order valence-corrected chi connectivity index (χ0v) is 11.9. The van der Waals surface area contributed by atoms with Gasteiger partial charge in [-0.1, -0.05) is 42.4 Å². The monoisotopic (exact) mass is 282 g/mol. The average Bonchev–Trinajstić information content (AvgIpc) is 3.19. The minimum atomic E-state index is 0.174. The molecule has 5 heteroatoms. The molecule has 21 heavy (non-hydrogen) atoms. The molecule has 108 valence electrons. The summed E-state index contributed by atoms with van der Waals surface area (Å²) in [6.45, 7) is 2.98. The Morgan fingerprint density at radius 2 is 2.05 bits per heavy atom. The summed E-state index contributed by atoms with van der Waals surface area (Å²) in [6, 6.07) is 14.3. The van der Waals surface area contributed by atoms with Gasteiger partial charge in [-0.15, -0.1) is 0 Å². The molecule has 0 fully saturated rings. The van der Waals surface area contributed by atoms with E-state index in [1.807, 2.05) is 36.5 Å². The van der Waals surface area contributed by atoms with Gasteiger partial charge in [-0.2, -0.15) is 4.98 Å². The van der Waals surface area contributed by atoms with Gasteiger partial charge in [0.05, 0.1) is 5.69 Å². The maximum atomic E-state index is 5.37. The maximum Gasteiger partial charge on any atom is 0.228 e. The highest BCUT2D eigenvalue weighted by Crippen LogP contribution is 2.19. The van der Waals surface area contributed by atoms with E-state index >= 15 is 0 Å². The summed E-state index contributed by atoms with van der Waals surface area (Å²) in [5.74, 6) is 1.23. The van der Waals surface area contributed by atoms with E-state index in [0.29, 0.717) is 18.1 Å². The van der Waals surface area contributed by atoms with Crippen LogP contribution in [0.1, 0.15) is 24.4 Å². The van der Waals surface area contributed by atoms with Gasteiger partial charge in [0.1, 0.15) is 0 Å². The van der Waals surface area contributed by atoms with E-state index < -0.39 is 0 Å². The Bertz CT molecular complexity index is 661. The van der Waals surface area contributed by atoms with Crippen LogP contribution in [0.15, 0.2) is 53.2 Å². The summed E-state index contributed by atoms with van der Waals surface area (Å²) in [7, 11) is 0. The van der Waals surface area contributed by atoms with Gasteiger partial charge in [0.25, 0.3) is 0 Å². The molecule has 0 spiro atoms. The number of aromatic nitrogens is 3. The second kappa shape index (κ2) is 6.37. The van der Waals surface area contributed by atoms with Gasteiger partial charge >= 0.3 is 0 Å². The molecule has 2 aromatic heterocycles. The van der Waals surface area contributed by atoms with Gasteiger partial charge in [0, 0.05) is 18.7 Å². The molecule has 0 aliphatic carbocycles. The van der Waals surface area contributed by atoms with E-state index in [1.54, 1.807) is 0 Å². The highest BCUT2D eigenvalue weighted by molar-refractivity contribution is 5.47. The average molecular weight is 282 g/mol. The summed E-state index contributed by atoms with van der Waals surface area (Å²) in [5.41, 5.74) is 2.09. The first-order valence-electron chi connectivity index (χ1n) is 7.11. The Labute approximate surface area is 123 Å². The molecule has 3 rings (SSSR count). The number of likely N-dealkylation sites (N-methyl/N-ethyl adjacent to an activating group) is 1. The lowest BCUT2D eigenvalue weighted by molar-refractivity contribution is 0.360. The first kappa shape index (κ1) is 13.6. The lowest BCUT2D eigenvalue weighted by atomic mass is 10.0. The second-order valence-corrected chi connectivity index (χ2v) is 4.82. The largest absolute Gasteiger partial charge is 0.359 e. The van der Waals surface area contributed by atoms with Crippen molar-refractivity contribution in [3.05, 3.63) is 60.1 Å². The molecule has 0 saturated carbocycles. The third kappa shape index (κ3) is 3.20. The predicted molar refractivity (Wildman–Crippen MR) is 80.6 cm³/mol. The van der Waals surface area contributed by atoms with Crippen LogP contribution in [0.25, 0.3) is 11.5 Å². The van der Waals surface area contributed by atoms with Crippen molar-refractivity contribution in [2.75, 3.05) is 6.54 Å². The highest BCUT2D eigenvalue weighted by Gasteiger charge is 2.16. The number of hydrogen-bond acceptors (Lipinski definition) is 4. The predicted octanol–water partition coefficient (Wildman–Crippen LogP) is 2.96. The van der Waals surface area contributed by atoms with Crippen molar-refractivity contribution in [2.45, 2.75) is 19.4 Å². The highest BCUT2D eigenvalue weighted by atomic mass is 16.5. The Morgan fingerprint density at radius 3 is 2.76 bits per heavy atom. The number of rotatable bonds is 6. The van der Waals surface area contributed by atoms with E-state index in [4.69, 9.17) is 4.52 Å². The molecule has 0 amide bonds. The van der Waals surface area contributed by atoms with Crippen molar-refractivity contribution in [1.29, 1.82) is 0 Å². The van der Waals surface area contributed by atoms with Gasteiger partial charge in [-0.25, -0.2) is 0 Å². The van der Waals surface area contributed by atoms with Crippen LogP contribution in [0, 0.1) is 0 Å². The molecule has 0 aliphatic heterocycles. The quantitative estimate of drug-likeness (QED) is 0.729. The Hall–Kier alpha value is -2.40. The zero-order chi connectivity index (χ0) is 14.5. The van der Waals surface area contributed by atoms with Crippen LogP contribution in [0.5, 0.6) is 0 Å². The molecular weight excluding hydrogens is 264 g/mol. The SMILES string of the molecule is CCNC(Cc1nc(-c2ccc[nH]2)no1)c1ccccc1. The first-order valence-corrected chi connectivity index (χ1v) is 7.11. The van der Waals surface area contributed by atoms with E-state index in [9.17, 15) is 0 Å². The minimum absolute atomic E-state index is 0.174. The number of nitrogens with zero attached hydrogens (tertiary/aromatic N) is 2. The van der Waals surface area contributed by atoms with E-state index in [1.165, 1.54) is 5.56 Å². The molecular formula is C16H18N4O. The topological polar surface area (TPSA) is 66.7 Å². The number of nitrogens with one attached hydrogen (secondary N) is 2. The van der Waals surface area contributed by atoms with E-state index in [0.717, 1.165) is 12.2 Å². The fraction of sp³-hybridized carbons (Fsp3) is 0.250. The van der Waals surface area contributed by atoms with Crippen LogP contribution in [0.3, 0.4) is 0 Å². The van der Waals surface area contributed by atoms with Gasteiger partial charge in [-0.3, -0.25) is 0 Å². The summed E-state index contributed by atoms with van der Waals surface area (Å²) >= 11 is 0. The standard InChI is InChI=1S/C16H18N4O/c1-2-17-14(12-7-4-3-5-8-12)11-15-19-16(20-21-15)13-9-6-10-18-13/h3-10,14,17-18H,2,11H2,1H3. The first-order chi connectivity index (χ1) is 10.4. The van der Waals surface area contributed by atoms with E-state index in [-0.39, 0.29) is 6.04 Å². The molecule has 0 bridgehead atoms. The summed E-state index contributed by atoms with van der Waals surface area (Å²) in [5, 5.41) is 7.48. The van der Waals surface area contributed by atoms with Crippen LogP contribution >= 0.6 is 0 Å². The van der Waals surface area contributed by atoms with Crippen molar-refractivity contribution in [3.8, 4) is 11.5 Å². The second-order valence-electron chi connectivity index (χ2n) is 4.82. The fourth-order valence-corrected chi connectivity index (χ4v) is 2.33. The van der Waals surface area contributed by atoms with Crippen molar-refractivity contribution in [1.82, 2.24) is 20.4 Å². The fourth-order valence-electron chi connectivity index (χ4n) is 2.33. The minimum Gasteiger partial charge on any atom is -0.359 e. The van der Waals surface area contributed by atoms with Crippen LogP contribution in [-0.2, 0) is 6.42 Å². The Balaban J connectivity index is 1.77. The van der Waals surface area contributed by atoms with Crippen molar-refractivity contribution in [2.24, 2.45) is 0 Å². The van der Waals surface area contributed by atoms with Gasteiger partial charge in [0.15, 0.2) is 0 Å². The Kier molecular flexibility index (Phi) is 4.12. The lowest BCUT2D eigenvalue weighted by Crippen LogP contribution is -2.23. The molecule has 2 heterocycles. The number of H-pyrrole nitrogens is 1. The van der Waals surface area contributed by atoms with Crippen molar-refractivity contribution in [3.63, 3.8) is 0 Å². The third-order valence-electron chi connectivity index (χ3n) is 3.34. The normalized spacial score (nSPS) is 12.4. The number of aromatic amines is 1. The van der Waals surface area contributed by atoms with Gasteiger partial charge in [-0.05, 0) is 24.2 Å². The summed E-state index contributed by atoms with van der Waals surface area (Å²) in [6.07, 6.45) is 2.52. The summed E-state index contributed by atoms with van der Waals surface area (Å²) in [4.78, 5) is 7.53. The molecule has 0 aliphatic rings. The van der Waals surface area contributed by atoms with Crippen LogP contribution in [0.2, 0.25) is 0 Å². The molecule has 2 N–H and O–H groups in total. The third-order valence-corrected chi connectivity index (χ3v) is 3.34. The van der Waals surface area contributed by atoms with Gasteiger partial charge in [0.2, 0.25) is 11.7 Å². The molecule has 1 aromatic carbocycles.